The first-order valence-corrected chi connectivity index (χ1v) is 8.13. The predicted octanol–water partition coefficient (Wildman–Crippen LogP) is 3.02. The smallest absolute Gasteiger partial charge is 0.207 e. The first kappa shape index (κ1) is 15.4. The zero-order valence-electron chi connectivity index (χ0n) is 11.8. The molecule has 0 bridgehead atoms. The molecule has 0 heterocycles. The Morgan fingerprint density at radius 2 is 1.75 bits per heavy atom. The Balaban J connectivity index is 2.34. The first-order chi connectivity index (χ1) is 9.21. The summed E-state index contributed by atoms with van der Waals surface area (Å²) < 4.78 is 52.9. The minimum absolute atomic E-state index is 0.251. The maximum absolute atomic E-state index is 13.2. The van der Waals surface area contributed by atoms with Crippen LogP contribution in [0.2, 0.25) is 0 Å². The maximum atomic E-state index is 13.2. The third-order valence-electron chi connectivity index (χ3n) is 3.71. The van der Waals surface area contributed by atoms with Crippen molar-refractivity contribution in [3.8, 4) is 0 Å². The molecule has 1 fully saturated rings. The van der Waals surface area contributed by atoms with Gasteiger partial charge in [-0.25, -0.2) is 17.2 Å². The Labute approximate surface area is 118 Å². The largest absolute Gasteiger partial charge is 0.243 e. The molecule has 1 aliphatic carbocycles. The fourth-order valence-corrected chi connectivity index (χ4v) is 4.02. The van der Waals surface area contributed by atoms with Gasteiger partial charge in [0.1, 0.15) is 11.6 Å². The van der Waals surface area contributed by atoms with E-state index in [2.05, 4.69) is 6.92 Å². The van der Waals surface area contributed by atoms with Crippen LogP contribution in [0, 0.1) is 23.5 Å². The molecule has 0 aromatic heterocycles. The van der Waals surface area contributed by atoms with Crippen molar-refractivity contribution in [1.82, 2.24) is 4.31 Å². The summed E-state index contributed by atoms with van der Waals surface area (Å²) in [6.07, 6.45) is 0.996. The molecule has 1 saturated carbocycles. The number of rotatable bonds is 5. The second-order valence-electron chi connectivity index (χ2n) is 5.75. The van der Waals surface area contributed by atoms with Gasteiger partial charge in [0.2, 0.25) is 10.0 Å². The Morgan fingerprint density at radius 3 is 2.15 bits per heavy atom. The van der Waals surface area contributed by atoms with Crippen LogP contribution in [0.4, 0.5) is 8.78 Å². The molecule has 1 aliphatic rings. The highest BCUT2D eigenvalue weighted by Gasteiger charge is 2.38. The van der Waals surface area contributed by atoms with Gasteiger partial charge < -0.3 is 0 Å². The number of hydrogen-bond acceptors (Lipinski definition) is 2. The summed E-state index contributed by atoms with van der Waals surface area (Å²) in [6.45, 7) is 6.00. The van der Waals surface area contributed by atoms with Gasteiger partial charge in [-0.3, -0.25) is 0 Å². The summed E-state index contributed by atoms with van der Waals surface area (Å²) in [7, 11) is -3.87. The predicted molar refractivity (Wildman–Crippen MR) is 72.7 cm³/mol. The third kappa shape index (κ3) is 3.17. The fourth-order valence-electron chi connectivity index (χ4n) is 2.28. The maximum Gasteiger partial charge on any atom is 0.243 e. The van der Waals surface area contributed by atoms with E-state index in [9.17, 15) is 17.2 Å². The highest BCUT2D eigenvalue weighted by molar-refractivity contribution is 7.89. The molecular formula is C14H19F2NO2S. The highest BCUT2D eigenvalue weighted by Crippen LogP contribution is 2.39. The quantitative estimate of drug-likeness (QED) is 0.838. The molecule has 0 spiro atoms. The second kappa shape index (κ2) is 5.41. The van der Waals surface area contributed by atoms with Gasteiger partial charge in [0, 0.05) is 18.7 Å². The van der Waals surface area contributed by atoms with Crippen LogP contribution in [0.25, 0.3) is 0 Å². The van der Waals surface area contributed by atoms with Crippen LogP contribution in [0.1, 0.15) is 27.2 Å². The monoisotopic (exact) mass is 303 g/mol. The van der Waals surface area contributed by atoms with E-state index in [0.717, 1.165) is 18.6 Å². The molecule has 6 heteroatoms. The Hall–Kier alpha value is -1.01. The lowest BCUT2D eigenvalue weighted by atomic mass is 10.3. The van der Waals surface area contributed by atoms with Crippen molar-refractivity contribution in [2.24, 2.45) is 11.8 Å². The molecule has 1 aromatic carbocycles. The molecule has 1 aromatic rings. The van der Waals surface area contributed by atoms with Gasteiger partial charge in [-0.05, 0) is 44.2 Å². The lowest BCUT2D eigenvalue weighted by Crippen LogP contribution is -2.38. The Kier molecular flexibility index (Phi) is 4.16. The summed E-state index contributed by atoms with van der Waals surface area (Å²) >= 11 is 0. The molecule has 20 heavy (non-hydrogen) atoms. The summed E-state index contributed by atoms with van der Waals surface area (Å²) in [5.74, 6) is -0.916. The van der Waals surface area contributed by atoms with Gasteiger partial charge >= 0.3 is 0 Å². The van der Waals surface area contributed by atoms with Crippen LogP contribution in [0.3, 0.4) is 0 Å². The number of sulfonamides is 1. The van der Waals surface area contributed by atoms with Crippen molar-refractivity contribution in [2.75, 3.05) is 6.54 Å². The zero-order chi connectivity index (χ0) is 15.1. The first-order valence-electron chi connectivity index (χ1n) is 6.69. The molecule has 2 atom stereocenters. The Morgan fingerprint density at radius 1 is 1.25 bits per heavy atom. The van der Waals surface area contributed by atoms with Gasteiger partial charge in [0.15, 0.2) is 0 Å². The minimum atomic E-state index is -3.87. The SMILES string of the molecule is CC(C)N(C[C@@H]1C[C@H]1C)S(=O)(=O)c1cc(F)cc(F)c1. The van der Waals surface area contributed by atoms with Crippen molar-refractivity contribution in [2.45, 2.75) is 38.1 Å². The minimum Gasteiger partial charge on any atom is -0.207 e. The average Bonchev–Trinajstić information content (AvgIpc) is 3.00. The lowest BCUT2D eigenvalue weighted by Gasteiger charge is -2.26. The highest BCUT2D eigenvalue weighted by atomic mass is 32.2. The molecule has 0 saturated heterocycles. The molecular weight excluding hydrogens is 284 g/mol. The number of hydrogen-bond donors (Lipinski definition) is 0. The average molecular weight is 303 g/mol. The number of benzene rings is 1. The third-order valence-corrected chi connectivity index (χ3v) is 5.73. The summed E-state index contributed by atoms with van der Waals surface area (Å²) in [6, 6.07) is 2.15. The lowest BCUT2D eigenvalue weighted by molar-refractivity contribution is 0.336. The van der Waals surface area contributed by atoms with Gasteiger partial charge in [-0.15, -0.1) is 0 Å². The van der Waals surface area contributed by atoms with E-state index < -0.39 is 21.7 Å². The number of nitrogens with zero attached hydrogens (tertiary/aromatic N) is 1. The van der Waals surface area contributed by atoms with Crippen molar-refractivity contribution >= 4 is 10.0 Å². The standard InChI is InChI=1S/C14H19F2NO2S/c1-9(2)17(8-11-4-10(11)3)20(18,19)14-6-12(15)5-13(16)7-14/h5-7,9-11H,4,8H2,1-3H3/t10-,11+/m1/s1. The van der Waals surface area contributed by atoms with Crippen molar-refractivity contribution in [3.05, 3.63) is 29.8 Å². The fraction of sp³-hybridized carbons (Fsp3) is 0.571. The van der Waals surface area contributed by atoms with Crippen LogP contribution in [0.15, 0.2) is 23.1 Å². The van der Waals surface area contributed by atoms with Gasteiger partial charge in [0.25, 0.3) is 0 Å². The van der Waals surface area contributed by atoms with Crippen LogP contribution in [-0.2, 0) is 10.0 Å². The zero-order valence-corrected chi connectivity index (χ0v) is 12.6. The summed E-state index contributed by atoms with van der Waals surface area (Å²) in [4.78, 5) is -0.322. The van der Waals surface area contributed by atoms with E-state index in [4.69, 9.17) is 0 Å². The Bertz CT molecular complexity index is 581. The topological polar surface area (TPSA) is 37.4 Å². The molecule has 0 N–H and O–H groups in total. The molecule has 112 valence electrons. The van der Waals surface area contributed by atoms with Gasteiger partial charge in [-0.1, -0.05) is 6.92 Å². The summed E-state index contributed by atoms with van der Waals surface area (Å²) in [5.41, 5.74) is 0. The molecule has 0 unspecified atom stereocenters. The molecule has 0 amide bonds. The van der Waals surface area contributed by atoms with E-state index in [1.807, 2.05) is 0 Å². The van der Waals surface area contributed by atoms with Crippen LogP contribution < -0.4 is 0 Å². The molecule has 3 nitrogen and oxygen atoms in total. The van der Waals surface area contributed by atoms with E-state index in [1.165, 1.54) is 4.31 Å². The summed E-state index contributed by atoms with van der Waals surface area (Å²) in [5, 5.41) is 0. The van der Waals surface area contributed by atoms with Crippen molar-refractivity contribution < 1.29 is 17.2 Å². The second-order valence-corrected chi connectivity index (χ2v) is 7.64. The van der Waals surface area contributed by atoms with Crippen LogP contribution >= 0.6 is 0 Å². The van der Waals surface area contributed by atoms with E-state index in [-0.39, 0.29) is 10.9 Å². The molecule has 0 radical (unpaired) electrons. The van der Waals surface area contributed by atoms with E-state index >= 15 is 0 Å². The normalized spacial score (nSPS) is 22.6. The van der Waals surface area contributed by atoms with E-state index in [0.29, 0.717) is 24.4 Å². The van der Waals surface area contributed by atoms with Crippen LogP contribution in [0.5, 0.6) is 0 Å². The van der Waals surface area contributed by atoms with Crippen LogP contribution in [-0.4, -0.2) is 25.3 Å². The number of halogens is 2. The van der Waals surface area contributed by atoms with Gasteiger partial charge in [-0.2, -0.15) is 4.31 Å². The van der Waals surface area contributed by atoms with Gasteiger partial charge in [0.05, 0.1) is 4.90 Å². The van der Waals surface area contributed by atoms with Crippen molar-refractivity contribution in [3.63, 3.8) is 0 Å². The van der Waals surface area contributed by atoms with E-state index in [1.54, 1.807) is 13.8 Å². The van der Waals surface area contributed by atoms with Crippen molar-refractivity contribution in [1.29, 1.82) is 0 Å². The molecule has 0 aliphatic heterocycles. The molecule has 2 rings (SSSR count).